The van der Waals surface area contributed by atoms with E-state index in [1.807, 2.05) is 0 Å². The average molecular weight is 913 g/mol. The van der Waals surface area contributed by atoms with Crippen molar-refractivity contribution in [2.45, 2.75) is 64.8 Å². The third-order valence-corrected chi connectivity index (χ3v) is 14.2. The van der Waals surface area contributed by atoms with E-state index in [4.69, 9.17) is 0 Å². The molecule has 0 radical (unpaired) electrons. The molecule has 1 N–H and O–H groups in total. The third kappa shape index (κ3) is 12.9. The first-order chi connectivity index (χ1) is 30.5. The number of aromatic nitrogens is 1. The highest BCUT2D eigenvalue weighted by Gasteiger charge is 2.28. The largest absolute Gasteiger partial charge is 0.691 e. The molecule has 62 heavy (non-hydrogen) atoms. The minimum absolute atomic E-state index is 0.633. The fraction of sp³-hybridized carbons (Fsp3) is 0.312. The standard InChI is InChI=1S/C42H41N3O6S4.C6H15N/c1-31-18-23-39-37(30-31)44(27-11-29-53-51-49-47)41(55-39)25-22-33-20-19-32(42(33)45(34-12-4-2-5-13-34)35-14-6-3-7-15-35)21-24-40-43(26-10-28-52-50-48-46)36-16-8-9-17-38(36)54-40;1-4-7(5-2)6-3/h2-9,12-18,21-25,30H,10-11,19-20,26-29H2,1H3,(H-,46,47);4-6H2,1-3H3. The van der Waals surface area contributed by atoms with Gasteiger partial charge in [-0.1, -0.05) is 83.8 Å². The Morgan fingerprint density at radius 2 is 1.42 bits per heavy atom. The van der Waals surface area contributed by atoms with Gasteiger partial charge in [0.2, 0.25) is 5.52 Å². The molecule has 0 saturated heterocycles. The van der Waals surface area contributed by atoms with Gasteiger partial charge >= 0.3 is 0 Å². The zero-order valence-corrected chi connectivity index (χ0v) is 39.1. The number of nitrogens with one attached hydrogen (secondary N) is 1. The maximum atomic E-state index is 10.3. The summed E-state index contributed by atoms with van der Waals surface area (Å²) in [5.41, 5.74) is 9.46. The average Bonchev–Trinajstić information content (AvgIpc) is 3.99. The Morgan fingerprint density at radius 3 is 2.06 bits per heavy atom. The molecule has 1 aliphatic carbocycles. The van der Waals surface area contributed by atoms with Gasteiger partial charge in [-0.25, -0.2) is 0 Å². The van der Waals surface area contributed by atoms with E-state index < -0.39 is 0 Å². The predicted molar refractivity (Wildman–Crippen MR) is 254 cm³/mol. The molecule has 2 aliphatic rings. The van der Waals surface area contributed by atoms with Crippen molar-refractivity contribution in [2.75, 3.05) is 47.5 Å². The van der Waals surface area contributed by atoms with E-state index in [1.165, 1.54) is 62.8 Å². The molecule has 7 rings (SSSR count). The Morgan fingerprint density at radius 1 is 0.774 bits per heavy atom. The van der Waals surface area contributed by atoms with Crippen LogP contribution in [0.2, 0.25) is 0 Å². The Bertz CT molecular complexity index is 2240. The molecule has 0 amide bonds. The van der Waals surface area contributed by atoms with E-state index in [0.717, 1.165) is 84.3 Å². The van der Waals surface area contributed by atoms with Crippen LogP contribution in [-0.2, 0) is 25.3 Å². The molecule has 10 nitrogen and oxygen atoms in total. The van der Waals surface area contributed by atoms with Crippen LogP contribution in [0.1, 0.15) is 57.0 Å². The summed E-state index contributed by atoms with van der Waals surface area (Å²) in [6.45, 7) is 14.2. The second-order valence-corrected chi connectivity index (χ2v) is 18.3. The van der Waals surface area contributed by atoms with E-state index in [0.29, 0.717) is 11.5 Å². The number of fused-ring (bicyclic) bond motifs is 2. The first kappa shape index (κ1) is 47.6. The highest BCUT2D eigenvalue weighted by Crippen LogP contribution is 2.47. The lowest BCUT2D eigenvalue weighted by Gasteiger charge is -2.28. The van der Waals surface area contributed by atoms with Crippen molar-refractivity contribution in [3.63, 3.8) is 0 Å². The van der Waals surface area contributed by atoms with Gasteiger partial charge in [0.25, 0.3) is 5.01 Å². The Labute approximate surface area is 383 Å². The number of nitrogens with zero attached hydrogens (tertiary/aromatic N) is 3. The zero-order valence-electron chi connectivity index (χ0n) is 35.8. The predicted octanol–water partition coefficient (Wildman–Crippen LogP) is 9.23. The first-order valence-electron chi connectivity index (χ1n) is 21.2. The first-order valence-corrected chi connectivity index (χ1v) is 24.6. The molecule has 0 saturated carbocycles. The van der Waals surface area contributed by atoms with Crippen LogP contribution in [0.15, 0.2) is 148 Å². The minimum Gasteiger partial charge on any atom is -0.691 e. The van der Waals surface area contributed by atoms with E-state index >= 15 is 0 Å². The number of hydrogen-bond acceptors (Lipinski definition) is 12. The van der Waals surface area contributed by atoms with E-state index in [2.05, 4.69) is 188 Å². The molecule has 328 valence electrons. The monoisotopic (exact) mass is 912 g/mol. The smallest absolute Gasteiger partial charge is 0.262 e. The van der Waals surface area contributed by atoms with Crippen LogP contribution < -0.4 is 29.8 Å². The van der Waals surface area contributed by atoms with Crippen molar-refractivity contribution >= 4 is 80.5 Å². The molecular formula is C48H56N4O6S4. The quantitative estimate of drug-likeness (QED) is 0.0251. The molecule has 0 spiro atoms. The summed E-state index contributed by atoms with van der Waals surface area (Å²) >= 11 is 5.61. The Balaban J connectivity index is 0.000000845. The van der Waals surface area contributed by atoms with Crippen molar-refractivity contribution in [3.8, 4) is 0 Å². The zero-order chi connectivity index (χ0) is 43.5. The number of benzene rings is 4. The van der Waals surface area contributed by atoms with Crippen LogP contribution in [0.5, 0.6) is 0 Å². The number of thioether (sulfide) groups is 1. The molecule has 0 fully saturated rings. The van der Waals surface area contributed by atoms with E-state index in [9.17, 15) is 10.5 Å². The van der Waals surface area contributed by atoms with Gasteiger partial charge in [-0.3, -0.25) is 10.1 Å². The van der Waals surface area contributed by atoms with Gasteiger partial charge in [0.15, 0.2) is 6.54 Å². The molecule has 1 aliphatic heterocycles. The van der Waals surface area contributed by atoms with Crippen LogP contribution in [-0.4, -0.2) is 37.7 Å². The number of anilines is 3. The third-order valence-electron chi connectivity index (χ3n) is 10.8. The molecule has 0 bridgehead atoms. The lowest BCUT2D eigenvalue weighted by atomic mass is 10.1. The summed E-state index contributed by atoms with van der Waals surface area (Å²) in [4.78, 5) is 7.66. The van der Waals surface area contributed by atoms with Crippen molar-refractivity contribution in [3.05, 3.63) is 154 Å². The van der Waals surface area contributed by atoms with Crippen LogP contribution in [0.4, 0.5) is 17.1 Å². The molecule has 14 heteroatoms. The van der Waals surface area contributed by atoms with E-state index in [1.54, 1.807) is 28.0 Å². The SMILES string of the molecule is CC[NH+](CC)CC.Cc1ccc2c(c1)N(CCCSOO[O-])/C(=C/C=C1CCC(/C=C/c3sc4ccccc4[n+]3CCCSOO[O-])=C1N(c1ccccc1)c1ccccc1)S2. The van der Waals surface area contributed by atoms with Crippen LogP contribution in [0, 0.1) is 6.92 Å². The summed E-state index contributed by atoms with van der Waals surface area (Å²) in [6, 6.07) is 36.2. The lowest BCUT2D eigenvalue weighted by Crippen LogP contribution is -3.11. The topological polar surface area (TPSA) is 97.8 Å². The highest BCUT2D eigenvalue weighted by atomic mass is 32.2. The van der Waals surface area contributed by atoms with Crippen molar-refractivity contribution in [2.24, 2.45) is 0 Å². The molecule has 5 aromatic rings. The molecule has 0 unspecified atom stereocenters. The molecular weight excluding hydrogens is 857 g/mol. The molecule has 0 atom stereocenters. The second-order valence-electron chi connectivity index (χ2n) is 14.6. The van der Waals surface area contributed by atoms with Gasteiger partial charge in [0.05, 0.1) is 36.0 Å². The summed E-state index contributed by atoms with van der Waals surface area (Å²) in [5.74, 6) is 1.27. The second kappa shape index (κ2) is 25.4. The van der Waals surface area contributed by atoms with Gasteiger partial charge in [-0.05, 0) is 118 Å². The summed E-state index contributed by atoms with van der Waals surface area (Å²) < 4.78 is 12.6. The van der Waals surface area contributed by atoms with Crippen LogP contribution >= 0.6 is 47.2 Å². The summed E-state index contributed by atoms with van der Waals surface area (Å²) in [5, 5.41) is 30.0. The molecule has 4 aromatic carbocycles. The van der Waals surface area contributed by atoms with Crippen molar-refractivity contribution in [1.82, 2.24) is 0 Å². The fourth-order valence-corrected chi connectivity index (χ4v) is 10.5. The van der Waals surface area contributed by atoms with Crippen molar-refractivity contribution < 1.29 is 38.7 Å². The Kier molecular flexibility index (Phi) is 19.5. The highest BCUT2D eigenvalue weighted by molar-refractivity contribution is 8.03. The molecule has 2 heterocycles. The summed E-state index contributed by atoms with van der Waals surface area (Å²) in [6.07, 6.45) is 12.5. The van der Waals surface area contributed by atoms with Gasteiger partial charge in [-0.2, -0.15) is 13.2 Å². The Hall–Kier alpha value is -3.90. The minimum atomic E-state index is 0.633. The number of allylic oxidation sites excluding steroid dienone is 5. The fourth-order valence-electron chi connectivity index (χ4n) is 7.62. The number of hydrogen-bond donors (Lipinski definition) is 1. The van der Waals surface area contributed by atoms with Gasteiger partial charge in [0.1, 0.15) is 4.70 Å². The van der Waals surface area contributed by atoms with Gasteiger partial charge in [0, 0.05) is 77.0 Å². The number of quaternary nitrogens is 1. The van der Waals surface area contributed by atoms with Gasteiger partial charge < -0.3 is 25.2 Å². The number of para-hydroxylation sites is 3. The van der Waals surface area contributed by atoms with Crippen molar-refractivity contribution in [1.29, 1.82) is 0 Å². The normalized spacial score (nSPS) is 15.1. The summed E-state index contributed by atoms with van der Waals surface area (Å²) in [7, 11) is 0. The maximum absolute atomic E-state index is 10.3. The number of aryl methyl sites for hydroxylation is 2. The molecule has 1 aromatic heterocycles. The maximum Gasteiger partial charge on any atom is 0.262 e. The van der Waals surface area contributed by atoms with Gasteiger partial charge in [-0.15, -0.1) is 0 Å². The van der Waals surface area contributed by atoms with Crippen LogP contribution in [0.3, 0.4) is 0 Å². The number of rotatable bonds is 21. The van der Waals surface area contributed by atoms with E-state index in [-0.39, 0.29) is 0 Å². The van der Waals surface area contributed by atoms with Crippen LogP contribution in [0.25, 0.3) is 16.3 Å². The number of thiazole rings is 1. The lowest BCUT2D eigenvalue weighted by molar-refractivity contribution is -0.894.